The van der Waals surface area contributed by atoms with Gasteiger partial charge in [0, 0.05) is 0 Å². The Balaban J connectivity index is 3.01. The lowest BCUT2D eigenvalue weighted by Crippen LogP contribution is -2.11. The standard InChI is InChI=1S/C18H23F/c1-5-7-9-10-15(4)18-16(11-8-6-2)12-14(3)13-17(18)19/h5-10,13,16H,4,11-12H2,1-3H3/b7-5-,8-6?,10-9-. The van der Waals surface area contributed by atoms with Gasteiger partial charge in [-0.15, -0.1) is 0 Å². The zero-order chi connectivity index (χ0) is 14.3. The molecule has 0 radical (unpaired) electrons. The third kappa shape index (κ3) is 4.51. The van der Waals surface area contributed by atoms with Crippen molar-refractivity contribution in [2.24, 2.45) is 5.92 Å². The molecule has 1 aliphatic rings. The Morgan fingerprint density at radius 2 is 2.11 bits per heavy atom. The first-order valence-electron chi connectivity index (χ1n) is 6.76. The van der Waals surface area contributed by atoms with Crippen LogP contribution in [0.5, 0.6) is 0 Å². The third-order valence-electron chi connectivity index (χ3n) is 3.21. The molecule has 0 aromatic carbocycles. The van der Waals surface area contributed by atoms with Crippen molar-refractivity contribution < 1.29 is 4.39 Å². The summed E-state index contributed by atoms with van der Waals surface area (Å²) in [7, 11) is 0. The Bertz CT molecular complexity index is 470. The molecule has 0 saturated carbocycles. The second-order valence-electron chi connectivity index (χ2n) is 4.87. The monoisotopic (exact) mass is 258 g/mol. The summed E-state index contributed by atoms with van der Waals surface area (Å²) >= 11 is 0. The van der Waals surface area contributed by atoms with Crippen LogP contribution in [0.15, 0.2) is 71.7 Å². The smallest absolute Gasteiger partial charge is 0.127 e. The van der Waals surface area contributed by atoms with Crippen molar-refractivity contribution in [3.8, 4) is 0 Å². The molecule has 0 saturated heterocycles. The van der Waals surface area contributed by atoms with Gasteiger partial charge in [-0.3, -0.25) is 0 Å². The topological polar surface area (TPSA) is 0 Å². The molecule has 102 valence electrons. The summed E-state index contributed by atoms with van der Waals surface area (Å²) in [6.45, 7) is 9.94. The average Bonchev–Trinajstić information content (AvgIpc) is 2.35. The first-order valence-corrected chi connectivity index (χ1v) is 6.76. The van der Waals surface area contributed by atoms with Gasteiger partial charge in [-0.25, -0.2) is 4.39 Å². The van der Waals surface area contributed by atoms with E-state index in [1.54, 1.807) is 6.08 Å². The van der Waals surface area contributed by atoms with Crippen molar-refractivity contribution in [1.82, 2.24) is 0 Å². The lowest BCUT2D eigenvalue weighted by atomic mass is 9.81. The molecule has 0 aromatic rings. The zero-order valence-corrected chi connectivity index (χ0v) is 12.1. The van der Waals surface area contributed by atoms with E-state index in [1.165, 1.54) is 0 Å². The second-order valence-corrected chi connectivity index (χ2v) is 4.87. The van der Waals surface area contributed by atoms with E-state index < -0.39 is 0 Å². The predicted octanol–water partition coefficient (Wildman–Crippen LogP) is 5.83. The Morgan fingerprint density at radius 1 is 1.37 bits per heavy atom. The summed E-state index contributed by atoms with van der Waals surface area (Å²) < 4.78 is 14.2. The van der Waals surface area contributed by atoms with E-state index in [0.717, 1.165) is 29.6 Å². The minimum Gasteiger partial charge on any atom is -0.207 e. The molecule has 0 bridgehead atoms. The molecular formula is C18H23F. The van der Waals surface area contributed by atoms with Gasteiger partial charge in [0.05, 0.1) is 0 Å². The van der Waals surface area contributed by atoms with E-state index in [-0.39, 0.29) is 11.7 Å². The summed E-state index contributed by atoms with van der Waals surface area (Å²) in [6.07, 6.45) is 15.2. The van der Waals surface area contributed by atoms with Crippen LogP contribution in [0, 0.1) is 5.92 Å². The van der Waals surface area contributed by atoms with Crippen LogP contribution in [0.4, 0.5) is 4.39 Å². The summed E-state index contributed by atoms with van der Waals surface area (Å²) in [5.41, 5.74) is 2.62. The summed E-state index contributed by atoms with van der Waals surface area (Å²) in [5.74, 6) is 0.0670. The minimum atomic E-state index is -0.131. The van der Waals surface area contributed by atoms with Crippen LogP contribution < -0.4 is 0 Å². The van der Waals surface area contributed by atoms with Crippen LogP contribution in [-0.2, 0) is 0 Å². The molecule has 0 spiro atoms. The highest BCUT2D eigenvalue weighted by Crippen LogP contribution is 2.36. The Labute approximate surface area is 116 Å². The maximum Gasteiger partial charge on any atom is 0.127 e. The number of allylic oxidation sites excluding steroid dienone is 11. The van der Waals surface area contributed by atoms with Crippen LogP contribution >= 0.6 is 0 Å². The maximum absolute atomic E-state index is 14.2. The molecule has 0 heterocycles. The van der Waals surface area contributed by atoms with Crippen molar-refractivity contribution in [3.63, 3.8) is 0 Å². The number of halogens is 1. The van der Waals surface area contributed by atoms with E-state index in [1.807, 2.05) is 51.2 Å². The third-order valence-corrected chi connectivity index (χ3v) is 3.21. The number of hydrogen-bond acceptors (Lipinski definition) is 0. The van der Waals surface area contributed by atoms with Crippen LogP contribution in [0.1, 0.15) is 33.6 Å². The molecule has 0 aromatic heterocycles. The summed E-state index contributed by atoms with van der Waals surface area (Å²) in [5, 5.41) is 0. The second kappa shape index (κ2) is 7.73. The van der Waals surface area contributed by atoms with Crippen molar-refractivity contribution >= 4 is 0 Å². The van der Waals surface area contributed by atoms with Gasteiger partial charge in [0.25, 0.3) is 0 Å². The molecular weight excluding hydrogens is 235 g/mol. The fourth-order valence-electron chi connectivity index (χ4n) is 2.33. The first kappa shape index (κ1) is 15.4. The fourth-order valence-corrected chi connectivity index (χ4v) is 2.33. The van der Waals surface area contributed by atoms with Gasteiger partial charge in [-0.05, 0) is 56.8 Å². The van der Waals surface area contributed by atoms with Crippen LogP contribution in [0.25, 0.3) is 0 Å². The quantitative estimate of drug-likeness (QED) is 0.430. The molecule has 1 aliphatic carbocycles. The van der Waals surface area contributed by atoms with Crippen molar-refractivity contribution in [1.29, 1.82) is 0 Å². The van der Waals surface area contributed by atoms with Gasteiger partial charge in [0.1, 0.15) is 5.83 Å². The van der Waals surface area contributed by atoms with E-state index in [4.69, 9.17) is 0 Å². The van der Waals surface area contributed by atoms with Crippen molar-refractivity contribution in [2.45, 2.75) is 33.6 Å². The van der Waals surface area contributed by atoms with Gasteiger partial charge in [0.2, 0.25) is 0 Å². The molecule has 1 unspecified atom stereocenters. The molecule has 1 atom stereocenters. The van der Waals surface area contributed by atoms with E-state index in [9.17, 15) is 4.39 Å². The highest BCUT2D eigenvalue weighted by Gasteiger charge is 2.22. The molecule has 1 heteroatoms. The normalized spacial score (nSPS) is 20.8. The van der Waals surface area contributed by atoms with Gasteiger partial charge in [-0.1, -0.05) is 48.6 Å². The summed E-state index contributed by atoms with van der Waals surface area (Å²) in [6, 6.07) is 0. The molecule has 0 fully saturated rings. The molecule has 0 amide bonds. The van der Waals surface area contributed by atoms with Crippen molar-refractivity contribution in [2.75, 3.05) is 0 Å². The van der Waals surface area contributed by atoms with Crippen LogP contribution in [0.2, 0.25) is 0 Å². The lowest BCUT2D eigenvalue weighted by Gasteiger charge is -2.24. The zero-order valence-electron chi connectivity index (χ0n) is 12.1. The van der Waals surface area contributed by atoms with Gasteiger partial charge in [0.15, 0.2) is 0 Å². The fraction of sp³-hybridized carbons (Fsp3) is 0.333. The van der Waals surface area contributed by atoms with Crippen LogP contribution in [-0.4, -0.2) is 0 Å². The van der Waals surface area contributed by atoms with Crippen LogP contribution in [0.3, 0.4) is 0 Å². The molecule has 0 N–H and O–H groups in total. The van der Waals surface area contributed by atoms with E-state index in [0.29, 0.717) is 0 Å². The predicted molar refractivity (Wildman–Crippen MR) is 82.5 cm³/mol. The van der Waals surface area contributed by atoms with Gasteiger partial charge in [-0.2, -0.15) is 0 Å². The Kier molecular flexibility index (Phi) is 6.27. The van der Waals surface area contributed by atoms with E-state index >= 15 is 0 Å². The van der Waals surface area contributed by atoms with Crippen molar-refractivity contribution in [3.05, 3.63) is 71.7 Å². The Morgan fingerprint density at radius 3 is 2.74 bits per heavy atom. The highest BCUT2D eigenvalue weighted by atomic mass is 19.1. The SMILES string of the molecule is C=C(/C=C\C=C/C)C1=C(F)C=C(C)CC1CC=CC. The first-order chi connectivity index (χ1) is 9.10. The molecule has 0 aliphatic heterocycles. The highest BCUT2D eigenvalue weighted by molar-refractivity contribution is 5.47. The summed E-state index contributed by atoms with van der Waals surface area (Å²) in [4.78, 5) is 0. The average molecular weight is 258 g/mol. The molecule has 19 heavy (non-hydrogen) atoms. The lowest BCUT2D eigenvalue weighted by molar-refractivity contribution is 0.552. The molecule has 1 rings (SSSR count). The largest absolute Gasteiger partial charge is 0.207 e. The Hall–Kier alpha value is -1.63. The number of hydrogen-bond donors (Lipinski definition) is 0. The maximum atomic E-state index is 14.2. The minimum absolute atomic E-state index is 0.131. The van der Waals surface area contributed by atoms with Gasteiger partial charge < -0.3 is 0 Å². The molecule has 0 nitrogen and oxygen atoms in total. The van der Waals surface area contributed by atoms with Gasteiger partial charge >= 0.3 is 0 Å². The van der Waals surface area contributed by atoms with E-state index in [2.05, 4.69) is 12.7 Å². The number of rotatable bonds is 5.